The van der Waals surface area contributed by atoms with Crippen molar-refractivity contribution in [3.8, 4) is 0 Å². The van der Waals surface area contributed by atoms with Gasteiger partial charge in [-0.2, -0.15) is 0 Å². The minimum Gasteiger partial charge on any atom is -0.462 e. The zero-order valence-corrected chi connectivity index (χ0v) is 24.7. The molecule has 0 N–H and O–H groups in total. The van der Waals surface area contributed by atoms with Crippen LogP contribution >= 0.6 is 11.6 Å². The average Bonchev–Trinajstić information content (AvgIpc) is 2.88. The van der Waals surface area contributed by atoms with Gasteiger partial charge in [0, 0.05) is 12.8 Å². The molecule has 1 atom stereocenters. The van der Waals surface area contributed by atoms with E-state index in [1.54, 1.807) is 0 Å². The lowest BCUT2D eigenvalue weighted by atomic mass is 10.1. The number of carbonyl (C=O) groups excluding carboxylic acids is 2. The van der Waals surface area contributed by atoms with Crippen LogP contribution < -0.4 is 0 Å². The summed E-state index contributed by atoms with van der Waals surface area (Å²) in [6.45, 7) is 4.56. The van der Waals surface area contributed by atoms with E-state index < -0.39 is 6.10 Å². The lowest BCUT2D eigenvalue weighted by Gasteiger charge is -2.15. The largest absolute Gasteiger partial charge is 0.462 e. The smallest absolute Gasteiger partial charge is 0.306 e. The fourth-order valence-corrected chi connectivity index (χ4v) is 4.63. The summed E-state index contributed by atoms with van der Waals surface area (Å²) < 4.78 is 10.7. The third-order valence-electron chi connectivity index (χ3n) is 6.87. The topological polar surface area (TPSA) is 52.6 Å². The molecule has 0 amide bonds. The van der Waals surface area contributed by atoms with Gasteiger partial charge in [-0.1, -0.05) is 142 Å². The highest BCUT2D eigenvalue weighted by molar-refractivity contribution is 6.18. The second-order valence-electron chi connectivity index (χ2n) is 10.5. The molecule has 0 aromatic carbocycles. The second kappa shape index (κ2) is 28.8. The molecular weight excluding hydrogens is 472 g/mol. The fraction of sp³-hybridized carbons (Fsp3) is 0.935. The Bertz CT molecular complexity index is 483. The molecule has 0 spiro atoms. The van der Waals surface area contributed by atoms with Gasteiger partial charge < -0.3 is 9.47 Å². The van der Waals surface area contributed by atoms with E-state index in [9.17, 15) is 9.59 Å². The van der Waals surface area contributed by atoms with Crippen LogP contribution in [-0.4, -0.2) is 30.5 Å². The molecule has 0 saturated heterocycles. The van der Waals surface area contributed by atoms with Gasteiger partial charge in [0.05, 0.1) is 5.88 Å². The lowest BCUT2D eigenvalue weighted by molar-refractivity contribution is -0.157. The maximum atomic E-state index is 12.1. The van der Waals surface area contributed by atoms with Gasteiger partial charge in [-0.3, -0.25) is 9.59 Å². The number of ether oxygens (including phenoxy) is 2. The zero-order chi connectivity index (χ0) is 26.5. The van der Waals surface area contributed by atoms with Crippen molar-refractivity contribution in [1.82, 2.24) is 0 Å². The summed E-state index contributed by atoms with van der Waals surface area (Å²) in [5.74, 6) is -0.309. The number of halogens is 1. The third kappa shape index (κ3) is 26.3. The number of alkyl halides is 1. The Kier molecular flexibility index (Phi) is 28.2. The van der Waals surface area contributed by atoms with Gasteiger partial charge in [0.2, 0.25) is 0 Å². The van der Waals surface area contributed by atoms with Crippen LogP contribution in [0, 0.1) is 0 Å². The molecule has 214 valence electrons. The van der Waals surface area contributed by atoms with Crippen molar-refractivity contribution in [1.29, 1.82) is 0 Å². The van der Waals surface area contributed by atoms with Crippen LogP contribution in [0.15, 0.2) is 0 Å². The highest BCUT2D eigenvalue weighted by Gasteiger charge is 2.16. The standard InChI is InChI=1S/C31H59ClO4/c1-3-5-7-9-11-13-15-17-19-21-23-25-30(33)35-28-29(27-32)36-31(34)26-24-22-20-18-16-14-12-10-8-6-4-2/h29H,3-28H2,1-2H3/t29-/m1/s1. The summed E-state index contributed by atoms with van der Waals surface area (Å²) in [5.41, 5.74) is 0. The predicted octanol–water partition coefficient (Wildman–Crippen LogP) is 10.1. The SMILES string of the molecule is CCCCCCCCCCCCCC(=O)OC[C@@H](CCl)OC(=O)CCCCCCCCCCCCC. The Morgan fingerprint density at radius 3 is 1.22 bits per heavy atom. The number of rotatable bonds is 28. The maximum absolute atomic E-state index is 12.1. The molecule has 0 rings (SSSR count). The van der Waals surface area contributed by atoms with E-state index in [-0.39, 0.29) is 24.4 Å². The van der Waals surface area contributed by atoms with Crippen molar-refractivity contribution in [3.05, 3.63) is 0 Å². The first-order valence-electron chi connectivity index (χ1n) is 15.5. The number of carbonyl (C=O) groups is 2. The van der Waals surface area contributed by atoms with Gasteiger partial charge >= 0.3 is 11.9 Å². The fourth-order valence-electron chi connectivity index (χ4n) is 4.48. The van der Waals surface area contributed by atoms with E-state index in [1.165, 1.54) is 116 Å². The van der Waals surface area contributed by atoms with Crippen molar-refractivity contribution < 1.29 is 19.1 Å². The second-order valence-corrected chi connectivity index (χ2v) is 10.8. The van der Waals surface area contributed by atoms with Crippen LogP contribution in [0.1, 0.15) is 168 Å². The Balaban J connectivity index is 3.57. The summed E-state index contributed by atoms with van der Waals surface area (Å²) in [4.78, 5) is 24.1. The van der Waals surface area contributed by atoms with Crippen LogP contribution in [0.25, 0.3) is 0 Å². The van der Waals surface area contributed by atoms with E-state index in [2.05, 4.69) is 13.8 Å². The molecule has 4 nitrogen and oxygen atoms in total. The Labute approximate surface area is 229 Å². The van der Waals surface area contributed by atoms with Gasteiger partial charge in [-0.25, -0.2) is 0 Å². The molecule has 0 heterocycles. The third-order valence-corrected chi connectivity index (χ3v) is 7.21. The average molecular weight is 531 g/mol. The lowest BCUT2D eigenvalue weighted by Crippen LogP contribution is -2.26. The van der Waals surface area contributed by atoms with Crippen LogP contribution in [0.2, 0.25) is 0 Å². The number of esters is 2. The van der Waals surface area contributed by atoms with Crippen LogP contribution in [0.4, 0.5) is 0 Å². The quantitative estimate of drug-likeness (QED) is 0.0573. The van der Waals surface area contributed by atoms with Crippen LogP contribution in [0.3, 0.4) is 0 Å². The molecule has 5 heteroatoms. The van der Waals surface area contributed by atoms with Gasteiger partial charge in [-0.15, -0.1) is 11.6 Å². The van der Waals surface area contributed by atoms with E-state index in [0.29, 0.717) is 12.8 Å². The zero-order valence-electron chi connectivity index (χ0n) is 24.0. The summed E-state index contributed by atoms with van der Waals surface area (Å²) in [5, 5.41) is 0. The molecule has 0 aliphatic rings. The molecule has 0 fully saturated rings. The van der Waals surface area contributed by atoms with Crippen molar-refractivity contribution in [2.75, 3.05) is 12.5 Å². The van der Waals surface area contributed by atoms with Crippen LogP contribution in [-0.2, 0) is 19.1 Å². The molecule has 36 heavy (non-hydrogen) atoms. The molecule has 0 aliphatic heterocycles. The van der Waals surface area contributed by atoms with Crippen molar-refractivity contribution in [2.24, 2.45) is 0 Å². The molecule has 0 aromatic rings. The summed E-state index contributed by atoms with van der Waals surface area (Å²) in [6.07, 6.45) is 27.8. The number of unbranched alkanes of at least 4 members (excludes halogenated alkanes) is 20. The van der Waals surface area contributed by atoms with Crippen molar-refractivity contribution in [3.63, 3.8) is 0 Å². The first kappa shape index (κ1) is 35.2. The molecule has 0 aromatic heterocycles. The van der Waals surface area contributed by atoms with Crippen molar-refractivity contribution in [2.45, 2.75) is 174 Å². The highest BCUT2D eigenvalue weighted by atomic mass is 35.5. The first-order valence-corrected chi connectivity index (χ1v) is 16.1. The molecule has 0 radical (unpaired) electrons. The molecule has 0 aliphatic carbocycles. The minimum absolute atomic E-state index is 0.0599. The summed E-state index contributed by atoms with van der Waals surface area (Å²) in [6, 6.07) is 0. The van der Waals surface area contributed by atoms with E-state index in [4.69, 9.17) is 21.1 Å². The van der Waals surface area contributed by atoms with Crippen molar-refractivity contribution >= 4 is 23.5 Å². The van der Waals surface area contributed by atoms with Gasteiger partial charge in [-0.05, 0) is 12.8 Å². The maximum Gasteiger partial charge on any atom is 0.306 e. The van der Waals surface area contributed by atoms with Gasteiger partial charge in [0.15, 0.2) is 0 Å². The number of hydrogen-bond donors (Lipinski definition) is 0. The normalized spacial score (nSPS) is 12.0. The van der Waals surface area contributed by atoms with E-state index in [0.717, 1.165) is 25.7 Å². The summed E-state index contributed by atoms with van der Waals surface area (Å²) >= 11 is 5.92. The number of hydrogen-bond acceptors (Lipinski definition) is 4. The Morgan fingerprint density at radius 2 is 0.861 bits per heavy atom. The van der Waals surface area contributed by atoms with E-state index in [1.807, 2.05) is 0 Å². The monoisotopic (exact) mass is 530 g/mol. The van der Waals surface area contributed by atoms with Crippen LogP contribution in [0.5, 0.6) is 0 Å². The Morgan fingerprint density at radius 1 is 0.528 bits per heavy atom. The summed E-state index contributed by atoms with van der Waals surface area (Å²) in [7, 11) is 0. The first-order chi connectivity index (χ1) is 17.6. The van der Waals surface area contributed by atoms with Gasteiger partial charge in [0.1, 0.15) is 12.7 Å². The van der Waals surface area contributed by atoms with Gasteiger partial charge in [0.25, 0.3) is 0 Å². The molecule has 0 bridgehead atoms. The molecule has 0 unspecified atom stereocenters. The molecular formula is C31H59ClO4. The predicted molar refractivity (Wildman–Crippen MR) is 154 cm³/mol. The minimum atomic E-state index is -0.548. The Hall–Kier alpha value is -0.770. The van der Waals surface area contributed by atoms with E-state index >= 15 is 0 Å². The molecule has 0 saturated carbocycles. The highest BCUT2D eigenvalue weighted by Crippen LogP contribution is 2.14.